The van der Waals surface area contributed by atoms with Gasteiger partial charge in [-0.3, -0.25) is 0 Å². The zero-order valence-corrected chi connectivity index (χ0v) is 14.0. The van der Waals surface area contributed by atoms with Crippen molar-refractivity contribution in [2.45, 2.75) is 17.9 Å². The Morgan fingerprint density at radius 1 is 1.21 bits per heavy atom. The van der Waals surface area contributed by atoms with Crippen LogP contribution >= 0.6 is 0 Å². The average Bonchev–Trinajstić information content (AvgIpc) is 2.60. The van der Waals surface area contributed by atoms with E-state index in [0.29, 0.717) is 11.1 Å². The van der Waals surface area contributed by atoms with Crippen LogP contribution in [0.4, 0.5) is 0 Å². The van der Waals surface area contributed by atoms with Crippen LogP contribution in [0.3, 0.4) is 0 Å². The highest BCUT2D eigenvalue weighted by molar-refractivity contribution is 7.89. The third-order valence-electron chi connectivity index (χ3n) is 3.45. The molecule has 6 nitrogen and oxygen atoms in total. The Kier molecular flexibility index (Phi) is 5.34. The lowest BCUT2D eigenvalue weighted by atomic mass is 10.1. The van der Waals surface area contributed by atoms with E-state index in [1.54, 1.807) is 43.3 Å². The molecule has 0 bridgehead atoms. The summed E-state index contributed by atoms with van der Waals surface area (Å²) in [7, 11) is -2.84. The van der Waals surface area contributed by atoms with Crippen LogP contribution in [0, 0.1) is 18.3 Å². The fourth-order valence-electron chi connectivity index (χ4n) is 2.19. The Morgan fingerprint density at radius 2 is 1.88 bits per heavy atom. The largest absolute Gasteiger partial charge is 0.468 e. The second kappa shape index (κ2) is 7.25. The number of nitrogens with one attached hydrogen (secondary N) is 1. The number of methoxy groups -OCH3 is 1. The number of ether oxygens (including phenoxy) is 1. The second-order valence-electron chi connectivity index (χ2n) is 5.08. The van der Waals surface area contributed by atoms with Gasteiger partial charge in [-0.1, -0.05) is 36.4 Å². The third-order valence-corrected chi connectivity index (χ3v) is 5.01. The first-order valence-electron chi connectivity index (χ1n) is 7.05. The topological polar surface area (TPSA) is 96.3 Å². The van der Waals surface area contributed by atoms with Gasteiger partial charge in [0.15, 0.2) is 0 Å². The first-order valence-corrected chi connectivity index (χ1v) is 8.53. The van der Waals surface area contributed by atoms with Gasteiger partial charge in [0.25, 0.3) is 0 Å². The van der Waals surface area contributed by atoms with Gasteiger partial charge in [-0.2, -0.15) is 9.98 Å². The van der Waals surface area contributed by atoms with E-state index in [9.17, 15) is 13.2 Å². The summed E-state index contributed by atoms with van der Waals surface area (Å²) in [6.07, 6.45) is 0. The molecule has 0 aliphatic heterocycles. The summed E-state index contributed by atoms with van der Waals surface area (Å²) in [5.74, 6) is -0.723. The summed E-state index contributed by atoms with van der Waals surface area (Å²) in [5, 5.41) is 8.97. The SMILES string of the molecule is COC(=O)C(NS(=O)(=O)c1cc(C#N)ccc1C)c1ccccc1. The number of aryl methyl sites for hydroxylation is 1. The van der Waals surface area contributed by atoms with E-state index in [0.717, 1.165) is 0 Å². The van der Waals surface area contributed by atoms with Crippen molar-refractivity contribution >= 4 is 16.0 Å². The highest BCUT2D eigenvalue weighted by Gasteiger charge is 2.28. The number of nitriles is 1. The van der Waals surface area contributed by atoms with Crippen molar-refractivity contribution in [1.29, 1.82) is 5.26 Å². The van der Waals surface area contributed by atoms with Gasteiger partial charge < -0.3 is 4.74 Å². The van der Waals surface area contributed by atoms with E-state index in [2.05, 4.69) is 4.72 Å². The van der Waals surface area contributed by atoms with E-state index in [-0.39, 0.29) is 10.5 Å². The third kappa shape index (κ3) is 3.79. The Bertz CT molecular complexity index is 887. The summed E-state index contributed by atoms with van der Waals surface area (Å²) >= 11 is 0. The van der Waals surface area contributed by atoms with Crippen LogP contribution in [0.5, 0.6) is 0 Å². The fraction of sp³-hybridized carbons (Fsp3) is 0.176. The zero-order valence-electron chi connectivity index (χ0n) is 13.2. The number of rotatable bonds is 5. The molecule has 24 heavy (non-hydrogen) atoms. The Balaban J connectivity index is 2.45. The van der Waals surface area contributed by atoms with Crippen LogP contribution in [0.25, 0.3) is 0 Å². The first kappa shape index (κ1) is 17.7. The van der Waals surface area contributed by atoms with E-state index >= 15 is 0 Å². The molecule has 0 saturated heterocycles. The molecule has 0 saturated carbocycles. The molecule has 0 radical (unpaired) electrons. The fourth-order valence-corrected chi connectivity index (χ4v) is 3.64. The maximum Gasteiger partial charge on any atom is 0.328 e. The lowest BCUT2D eigenvalue weighted by Gasteiger charge is -2.18. The average molecular weight is 344 g/mol. The summed E-state index contributed by atoms with van der Waals surface area (Å²) in [6.45, 7) is 1.62. The molecule has 0 heterocycles. The summed E-state index contributed by atoms with van der Waals surface area (Å²) in [4.78, 5) is 12.0. The molecule has 0 fully saturated rings. The van der Waals surface area contributed by atoms with E-state index < -0.39 is 22.0 Å². The smallest absolute Gasteiger partial charge is 0.328 e. The summed E-state index contributed by atoms with van der Waals surface area (Å²) in [6, 6.07) is 13.5. The zero-order chi connectivity index (χ0) is 17.7. The molecule has 7 heteroatoms. The molecular formula is C17H16N2O4S. The predicted molar refractivity (Wildman–Crippen MR) is 87.4 cm³/mol. The Hall–Kier alpha value is -2.69. The number of benzene rings is 2. The maximum atomic E-state index is 12.7. The van der Waals surface area contributed by atoms with Gasteiger partial charge in [-0.25, -0.2) is 13.2 Å². The van der Waals surface area contributed by atoms with Gasteiger partial charge in [-0.15, -0.1) is 0 Å². The van der Waals surface area contributed by atoms with Crippen molar-refractivity contribution in [3.05, 3.63) is 65.2 Å². The van der Waals surface area contributed by atoms with Crippen LogP contribution in [0.2, 0.25) is 0 Å². The monoisotopic (exact) mass is 344 g/mol. The molecule has 1 atom stereocenters. The quantitative estimate of drug-likeness (QED) is 0.838. The van der Waals surface area contributed by atoms with E-state index in [4.69, 9.17) is 10.00 Å². The molecule has 124 valence electrons. The number of nitrogens with zero attached hydrogens (tertiary/aromatic N) is 1. The van der Waals surface area contributed by atoms with Crippen molar-refractivity contribution in [3.63, 3.8) is 0 Å². The van der Waals surface area contributed by atoms with Gasteiger partial charge in [0.1, 0.15) is 6.04 Å². The predicted octanol–water partition coefficient (Wildman–Crippen LogP) is 2.06. The van der Waals surface area contributed by atoms with Crippen LogP contribution in [-0.2, 0) is 19.6 Å². The van der Waals surface area contributed by atoms with Gasteiger partial charge in [0.2, 0.25) is 10.0 Å². The minimum Gasteiger partial charge on any atom is -0.468 e. The second-order valence-corrected chi connectivity index (χ2v) is 6.76. The van der Waals surface area contributed by atoms with Crippen molar-refractivity contribution in [2.75, 3.05) is 7.11 Å². The van der Waals surface area contributed by atoms with Crippen molar-refractivity contribution < 1.29 is 17.9 Å². The van der Waals surface area contributed by atoms with Gasteiger partial charge >= 0.3 is 5.97 Å². The normalized spacial score (nSPS) is 12.2. The van der Waals surface area contributed by atoms with Gasteiger partial charge in [0, 0.05) is 0 Å². The molecule has 0 amide bonds. The molecule has 2 aromatic rings. The van der Waals surface area contributed by atoms with Gasteiger partial charge in [0.05, 0.1) is 23.6 Å². The van der Waals surface area contributed by atoms with Crippen molar-refractivity contribution in [3.8, 4) is 6.07 Å². The highest BCUT2D eigenvalue weighted by Crippen LogP contribution is 2.21. The van der Waals surface area contributed by atoms with Crippen LogP contribution in [0.15, 0.2) is 53.4 Å². The lowest BCUT2D eigenvalue weighted by molar-refractivity contribution is -0.142. The highest BCUT2D eigenvalue weighted by atomic mass is 32.2. The molecular weight excluding hydrogens is 328 g/mol. The molecule has 0 aliphatic carbocycles. The molecule has 2 rings (SSSR count). The molecule has 0 spiro atoms. The molecule has 2 aromatic carbocycles. The molecule has 1 unspecified atom stereocenters. The van der Waals surface area contributed by atoms with E-state index in [1.165, 1.54) is 19.2 Å². The number of hydrogen-bond acceptors (Lipinski definition) is 5. The lowest BCUT2D eigenvalue weighted by Crippen LogP contribution is -2.34. The number of carbonyl (C=O) groups excluding carboxylic acids is 1. The molecule has 0 aliphatic rings. The minimum absolute atomic E-state index is 0.0496. The standard InChI is InChI=1S/C17H16N2O4S/c1-12-8-9-13(11-18)10-15(12)24(21,22)19-16(17(20)23-2)14-6-4-3-5-7-14/h3-10,16,19H,1-2H3. The Labute approximate surface area is 140 Å². The minimum atomic E-state index is -4.03. The number of hydrogen-bond donors (Lipinski definition) is 1. The summed E-state index contributed by atoms with van der Waals surface area (Å²) in [5.41, 5.74) is 1.15. The van der Waals surface area contributed by atoms with Crippen LogP contribution in [-0.4, -0.2) is 21.5 Å². The number of esters is 1. The van der Waals surface area contributed by atoms with Crippen LogP contribution in [0.1, 0.15) is 22.7 Å². The first-order chi connectivity index (χ1) is 11.4. The number of sulfonamides is 1. The van der Waals surface area contributed by atoms with Crippen molar-refractivity contribution in [1.82, 2.24) is 4.72 Å². The Morgan fingerprint density at radius 3 is 2.46 bits per heavy atom. The number of carbonyl (C=O) groups is 1. The summed E-state index contributed by atoms with van der Waals surface area (Å²) < 4.78 is 32.5. The maximum absolute atomic E-state index is 12.7. The van der Waals surface area contributed by atoms with E-state index in [1.807, 2.05) is 6.07 Å². The van der Waals surface area contributed by atoms with Gasteiger partial charge in [-0.05, 0) is 30.2 Å². The van der Waals surface area contributed by atoms with Crippen molar-refractivity contribution in [2.24, 2.45) is 0 Å². The van der Waals surface area contributed by atoms with Crippen LogP contribution < -0.4 is 4.72 Å². The molecule has 1 N–H and O–H groups in total. The molecule has 0 aromatic heterocycles.